The van der Waals surface area contributed by atoms with Crippen LogP contribution in [0.3, 0.4) is 0 Å². The predicted octanol–water partition coefficient (Wildman–Crippen LogP) is 2.76. The lowest BCUT2D eigenvalue weighted by Gasteiger charge is -2.42. The Balaban J connectivity index is 1.17. The number of alkyl carbamates (subject to hydrolysis) is 1. The summed E-state index contributed by atoms with van der Waals surface area (Å²) in [6, 6.07) is 16.2. The number of likely N-dealkylation sites (tertiary alicyclic amines) is 1. The van der Waals surface area contributed by atoms with Gasteiger partial charge in [-0.3, -0.25) is 4.79 Å². The maximum atomic E-state index is 12.6. The topological polar surface area (TPSA) is 129 Å². The number of aliphatic hydroxyl groups is 1. The molecule has 0 spiro atoms. The van der Waals surface area contributed by atoms with E-state index in [0.717, 1.165) is 22.3 Å². The van der Waals surface area contributed by atoms with E-state index >= 15 is 0 Å². The number of aliphatic carboxylic acids is 1. The molecule has 180 valence electrons. The van der Waals surface area contributed by atoms with E-state index in [1.807, 2.05) is 36.4 Å². The largest absolute Gasteiger partial charge is 0.479 e. The highest BCUT2D eigenvalue weighted by Crippen LogP contribution is 2.44. The third-order valence-corrected chi connectivity index (χ3v) is 7.33. The van der Waals surface area contributed by atoms with Crippen molar-refractivity contribution in [2.75, 3.05) is 19.7 Å². The first kappa shape index (κ1) is 23.0. The van der Waals surface area contributed by atoms with Crippen LogP contribution < -0.4 is 5.32 Å². The molecule has 3 aromatic rings. The maximum Gasteiger partial charge on any atom is 0.407 e. The number of hydrogen-bond acceptors (Lipinski definition) is 7. The van der Waals surface area contributed by atoms with Gasteiger partial charge in [0.25, 0.3) is 5.91 Å². The summed E-state index contributed by atoms with van der Waals surface area (Å²) in [6.45, 7) is 1.44. The highest BCUT2D eigenvalue weighted by Gasteiger charge is 2.50. The zero-order chi connectivity index (χ0) is 24.7. The summed E-state index contributed by atoms with van der Waals surface area (Å²) >= 11 is 1.26. The summed E-state index contributed by atoms with van der Waals surface area (Å²) < 4.78 is 5.52. The SMILES string of the molecule is Cc1sc(CNC(=O)OCC2c3ccccc3-c3ccccc32)nc1C(=O)N1CC(O)(C(=O)O)C1. The van der Waals surface area contributed by atoms with Crippen LogP contribution in [0.1, 0.15) is 37.4 Å². The Morgan fingerprint density at radius 1 is 1.11 bits per heavy atom. The molecule has 9 nitrogen and oxygen atoms in total. The lowest BCUT2D eigenvalue weighted by molar-refractivity contribution is -0.173. The van der Waals surface area contributed by atoms with Crippen molar-refractivity contribution in [2.24, 2.45) is 0 Å². The molecule has 0 radical (unpaired) electrons. The van der Waals surface area contributed by atoms with Crippen molar-refractivity contribution in [3.05, 3.63) is 75.2 Å². The first-order chi connectivity index (χ1) is 16.8. The molecule has 5 rings (SSSR count). The van der Waals surface area contributed by atoms with Gasteiger partial charge in [-0.2, -0.15) is 0 Å². The third kappa shape index (κ3) is 4.15. The summed E-state index contributed by atoms with van der Waals surface area (Å²) in [7, 11) is 0. The van der Waals surface area contributed by atoms with Crippen LogP contribution >= 0.6 is 11.3 Å². The van der Waals surface area contributed by atoms with Crippen LogP contribution in [-0.4, -0.2) is 63.4 Å². The normalized spacial score (nSPS) is 15.7. The molecule has 3 N–H and O–H groups in total. The number of benzene rings is 2. The number of fused-ring (bicyclic) bond motifs is 3. The number of thiazole rings is 1. The van der Waals surface area contributed by atoms with Crippen molar-refractivity contribution >= 4 is 29.3 Å². The molecule has 2 amide bonds. The Morgan fingerprint density at radius 2 is 1.71 bits per heavy atom. The van der Waals surface area contributed by atoms with Crippen LogP contribution in [0.15, 0.2) is 48.5 Å². The molecule has 2 aromatic carbocycles. The van der Waals surface area contributed by atoms with Gasteiger partial charge in [0.15, 0.2) is 5.60 Å². The fourth-order valence-corrected chi connectivity index (χ4v) is 5.40. The zero-order valence-electron chi connectivity index (χ0n) is 18.9. The molecular formula is C25H23N3O6S. The van der Waals surface area contributed by atoms with Gasteiger partial charge in [-0.25, -0.2) is 14.6 Å². The predicted molar refractivity (Wildman–Crippen MR) is 127 cm³/mol. The van der Waals surface area contributed by atoms with E-state index in [0.29, 0.717) is 9.88 Å². The molecule has 35 heavy (non-hydrogen) atoms. The quantitative estimate of drug-likeness (QED) is 0.482. The second-order valence-corrected chi connectivity index (χ2v) is 9.98. The van der Waals surface area contributed by atoms with Crippen molar-refractivity contribution in [3.8, 4) is 11.1 Å². The molecule has 10 heteroatoms. The number of aryl methyl sites for hydroxylation is 1. The molecule has 1 aromatic heterocycles. The minimum absolute atomic E-state index is 0.0412. The Morgan fingerprint density at radius 3 is 2.31 bits per heavy atom. The Kier molecular flexibility index (Phi) is 5.78. The van der Waals surface area contributed by atoms with Crippen LogP contribution in [0.4, 0.5) is 4.79 Å². The Hall–Kier alpha value is -3.76. The molecule has 1 aliphatic carbocycles. The van der Waals surface area contributed by atoms with Crippen molar-refractivity contribution in [1.82, 2.24) is 15.2 Å². The van der Waals surface area contributed by atoms with Crippen molar-refractivity contribution in [1.29, 1.82) is 0 Å². The number of amides is 2. The van der Waals surface area contributed by atoms with Gasteiger partial charge in [0.05, 0.1) is 19.6 Å². The fourth-order valence-electron chi connectivity index (χ4n) is 4.54. The van der Waals surface area contributed by atoms with Gasteiger partial charge >= 0.3 is 12.1 Å². The maximum absolute atomic E-state index is 12.6. The summed E-state index contributed by atoms with van der Waals surface area (Å²) in [4.78, 5) is 42.2. The smallest absolute Gasteiger partial charge is 0.407 e. The van der Waals surface area contributed by atoms with Crippen LogP contribution in [0.2, 0.25) is 0 Å². The summed E-state index contributed by atoms with van der Waals surface area (Å²) in [6.07, 6.45) is -0.582. The van der Waals surface area contributed by atoms with E-state index in [9.17, 15) is 19.5 Å². The lowest BCUT2D eigenvalue weighted by Crippen LogP contribution is -2.67. The van der Waals surface area contributed by atoms with Gasteiger partial charge in [0.2, 0.25) is 0 Å². The summed E-state index contributed by atoms with van der Waals surface area (Å²) in [5.74, 6) is -1.85. The zero-order valence-corrected chi connectivity index (χ0v) is 19.7. The number of β-amino-alcohol motifs (C(OH)–C–C–N with tert-alkyl or cyclic N) is 1. The molecule has 0 atom stereocenters. The first-order valence-electron chi connectivity index (χ1n) is 11.1. The molecule has 0 saturated carbocycles. The molecule has 1 fully saturated rings. The van der Waals surface area contributed by atoms with Gasteiger partial charge in [0, 0.05) is 10.8 Å². The van der Waals surface area contributed by atoms with E-state index in [-0.39, 0.29) is 37.9 Å². The molecule has 2 heterocycles. The van der Waals surface area contributed by atoms with E-state index in [2.05, 4.69) is 22.4 Å². The minimum Gasteiger partial charge on any atom is -0.479 e. The Bertz CT molecular complexity index is 1280. The number of hydrogen-bond donors (Lipinski definition) is 3. The van der Waals surface area contributed by atoms with Gasteiger partial charge in [-0.1, -0.05) is 48.5 Å². The van der Waals surface area contributed by atoms with E-state index in [1.54, 1.807) is 6.92 Å². The lowest BCUT2D eigenvalue weighted by atomic mass is 9.94. The van der Waals surface area contributed by atoms with E-state index < -0.39 is 23.6 Å². The number of carbonyl (C=O) groups is 3. The second kappa shape index (κ2) is 8.79. The highest BCUT2D eigenvalue weighted by atomic mass is 32.1. The number of carboxylic acids is 1. The monoisotopic (exact) mass is 493 g/mol. The van der Waals surface area contributed by atoms with Crippen LogP contribution in [0.25, 0.3) is 11.1 Å². The third-order valence-electron chi connectivity index (χ3n) is 6.36. The number of rotatable bonds is 6. The number of nitrogens with one attached hydrogen (secondary N) is 1. The molecule has 2 aliphatic rings. The number of ether oxygens (including phenoxy) is 1. The molecule has 1 saturated heterocycles. The van der Waals surface area contributed by atoms with Gasteiger partial charge in [-0.15, -0.1) is 11.3 Å². The standard InChI is InChI=1S/C25H23N3O6S/c1-14-21(22(29)28-12-25(33,13-28)23(30)31)27-20(35-14)10-26-24(32)34-11-19-17-8-4-2-6-15(17)16-7-3-5-9-18(16)19/h2-9,19,33H,10-13H2,1H3,(H,26,32)(H,30,31). The number of nitrogens with zero attached hydrogens (tertiary/aromatic N) is 2. The first-order valence-corrected chi connectivity index (χ1v) is 11.9. The second-order valence-electron chi connectivity index (χ2n) is 8.69. The van der Waals surface area contributed by atoms with Crippen LogP contribution in [-0.2, 0) is 16.1 Å². The van der Waals surface area contributed by atoms with Crippen molar-refractivity contribution in [3.63, 3.8) is 0 Å². The fraction of sp³-hybridized carbons (Fsp3) is 0.280. The van der Waals surface area contributed by atoms with Crippen molar-refractivity contribution in [2.45, 2.75) is 25.0 Å². The minimum atomic E-state index is -1.91. The molecule has 1 aliphatic heterocycles. The summed E-state index contributed by atoms with van der Waals surface area (Å²) in [5, 5.41) is 22.0. The number of carbonyl (C=O) groups excluding carboxylic acids is 2. The average molecular weight is 494 g/mol. The molecule has 0 unspecified atom stereocenters. The van der Waals surface area contributed by atoms with Crippen LogP contribution in [0.5, 0.6) is 0 Å². The van der Waals surface area contributed by atoms with Crippen LogP contribution in [0, 0.1) is 6.92 Å². The number of aromatic nitrogens is 1. The average Bonchev–Trinajstić information content (AvgIpc) is 3.36. The highest BCUT2D eigenvalue weighted by molar-refractivity contribution is 7.11. The molecule has 0 bridgehead atoms. The molecular weight excluding hydrogens is 470 g/mol. The summed E-state index contributed by atoms with van der Waals surface area (Å²) in [5.41, 5.74) is 2.83. The van der Waals surface area contributed by atoms with E-state index in [1.165, 1.54) is 16.2 Å². The van der Waals surface area contributed by atoms with Crippen molar-refractivity contribution < 1.29 is 29.3 Å². The van der Waals surface area contributed by atoms with Gasteiger partial charge in [0.1, 0.15) is 17.3 Å². The number of carboxylic acid groups (broad SMARTS) is 1. The Labute approximate surface area is 205 Å². The van der Waals surface area contributed by atoms with E-state index in [4.69, 9.17) is 9.84 Å². The van der Waals surface area contributed by atoms with Gasteiger partial charge < -0.3 is 25.2 Å². The van der Waals surface area contributed by atoms with Gasteiger partial charge in [-0.05, 0) is 29.2 Å².